The maximum Gasteiger partial charge on any atom is 0.322 e. The summed E-state index contributed by atoms with van der Waals surface area (Å²) in [5.74, 6) is -0.712. The van der Waals surface area contributed by atoms with Crippen molar-refractivity contribution in [1.29, 1.82) is 0 Å². The molecule has 0 radical (unpaired) electrons. The lowest BCUT2D eigenvalue weighted by atomic mass is 9.74. The minimum Gasteiger partial charge on any atom is -0.468 e. The van der Waals surface area contributed by atoms with Gasteiger partial charge in [0.25, 0.3) is 5.91 Å². The van der Waals surface area contributed by atoms with Gasteiger partial charge in [0.05, 0.1) is 7.11 Å². The van der Waals surface area contributed by atoms with Gasteiger partial charge in [-0.05, 0) is 35.9 Å². The number of amides is 1. The number of carbonyl (C=O) groups is 2. The summed E-state index contributed by atoms with van der Waals surface area (Å²) in [6.45, 7) is 0.0421. The Morgan fingerprint density at radius 1 is 0.968 bits per heavy atom. The number of nitrogens with one attached hydrogen (secondary N) is 2. The van der Waals surface area contributed by atoms with Gasteiger partial charge >= 0.3 is 5.97 Å². The number of ether oxygens (including phenoxy) is 1. The van der Waals surface area contributed by atoms with Crippen LogP contribution in [0.15, 0.2) is 89.5 Å². The normalized spacial score (nSPS) is 12.8. The standard InChI is InChI=1S/C25H21BrN2O3/c1-31-24(30)25(18-7-3-2-4-8-18,21-15-27-22-10-6-5-9-20(21)22)16-28-23(29)17-11-13-19(26)14-12-17/h2-15,27H,16H2,1H3,(H,28,29)/t25-/m1/s1. The molecule has 2 N–H and O–H groups in total. The van der Waals surface area contributed by atoms with Crippen molar-refractivity contribution in [2.75, 3.05) is 13.7 Å². The number of esters is 1. The number of hydrogen-bond donors (Lipinski definition) is 2. The first kappa shape index (κ1) is 20.9. The van der Waals surface area contributed by atoms with Gasteiger partial charge in [0.15, 0.2) is 0 Å². The van der Waals surface area contributed by atoms with E-state index < -0.39 is 11.4 Å². The largest absolute Gasteiger partial charge is 0.468 e. The predicted molar refractivity (Wildman–Crippen MR) is 124 cm³/mol. The molecule has 0 fully saturated rings. The molecule has 0 saturated carbocycles. The van der Waals surface area contributed by atoms with E-state index in [1.54, 1.807) is 24.3 Å². The van der Waals surface area contributed by atoms with Crippen molar-refractivity contribution in [3.05, 3.63) is 106 Å². The molecule has 0 aliphatic heterocycles. The van der Waals surface area contributed by atoms with E-state index in [9.17, 15) is 9.59 Å². The number of fused-ring (bicyclic) bond motifs is 1. The summed E-state index contributed by atoms with van der Waals surface area (Å²) in [5.41, 5.74) is 1.68. The Hall–Kier alpha value is -3.38. The van der Waals surface area contributed by atoms with Crippen LogP contribution < -0.4 is 5.32 Å². The number of carbonyl (C=O) groups excluding carboxylic acids is 2. The zero-order chi connectivity index (χ0) is 21.8. The highest BCUT2D eigenvalue weighted by molar-refractivity contribution is 9.10. The van der Waals surface area contributed by atoms with Crippen molar-refractivity contribution < 1.29 is 14.3 Å². The third-order valence-corrected chi connectivity index (χ3v) is 6.00. The van der Waals surface area contributed by atoms with E-state index >= 15 is 0 Å². The van der Waals surface area contributed by atoms with Crippen molar-refractivity contribution in [3.8, 4) is 0 Å². The molecule has 0 spiro atoms. The summed E-state index contributed by atoms with van der Waals surface area (Å²) in [5, 5.41) is 3.85. The lowest BCUT2D eigenvalue weighted by Gasteiger charge is -2.32. The second kappa shape index (κ2) is 8.78. The Balaban J connectivity index is 1.83. The zero-order valence-electron chi connectivity index (χ0n) is 16.9. The first-order chi connectivity index (χ1) is 15.1. The number of para-hydroxylation sites is 1. The lowest BCUT2D eigenvalue weighted by molar-refractivity contribution is -0.145. The molecule has 4 rings (SSSR count). The van der Waals surface area contributed by atoms with Gasteiger partial charge in [-0.25, -0.2) is 0 Å². The highest BCUT2D eigenvalue weighted by atomic mass is 79.9. The molecule has 1 atom stereocenters. The Morgan fingerprint density at radius 3 is 2.35 bits per heavy atom. The quantitative estimate of drug-likeness (QED) is 0.392. The average Bonchev–Trinajstić information content (AvgIpc) is 3.25. The molecular weight excluding hydrogens is 456 g/mol. The minimum atomic E-state index is -1.22. The number of rotatable bonds is 6. The number of benzene rings is 3. The molecule has 0 saturated heterocycles. The number of hydrogen-bond acceptors (Lipinski definition) is 3. The third kappa shape index (κ3) is 3.86. The van der Waals surface area contributed by atoms with Crippen LogP contribution in [0.4, 0.5) is 0 Å². The van der Waals surface area contributed by atoms with Crippen molar-refractivity contribution in [3.63, 3.8) is 0 Å². The van der Waals surface area contributed by atoms with Crippen molar-refractivity contribution >= 4 is 38.7 Å². The summed E-state index contributed by atoms with van der Waals surface area (Å²) in [4.78, 5) is 29.5. The van der Waals surface area contributed by atoms with Gasteiger partial charge in [0, 0.05) is 39.2 Å². The maximum atomic E-state index is 13.4. The van der Waals surface area contributed by atoms with Gasteiger partial charge in [-0.15, -0.1) is 0 Å². The first-order valence-electron chi connectivity index (χ1n) is 9.80. The van der Waals surface area contributed by atoms with Crippen LogP contribution in [0.2, 0.25) is 0 Å². The molecular formula is C25H21BrN2O3. The Labute approximate surface area is 188 Å². The molecule has 1 heterocycles. The maximum absolute atomic E-state index is 13.4. The average molecular weight is 477 g/mol. The van der Waals surface area contributed by atoms with Crippen LogP contribution in [0.25, 0.3) is 10.9 Å². The zero-order valence-corrected chi connectivity index (χ0v) is 18.5. The van der Waals surface area contributed by atoms with Gasteiger partial charge < -0.3 is 15.0 Å². The van der Waals surface area contributed by atoms with Gasteiger partial charge in [-0.1, -0.05) is 64.5 Å². The van der Waals surface area contributed by atoms with E-state index in [0.717, 1.165) is 26.5 Å². The van der Waals surface area contributed by atoms with Gasteiger partial charge in [0.1, 0.15) is 5.41 Å². The smallest absolute Gasteiger partial charge is 0.322 e. The number of methoxy groups -OCH3 is 1. The van der Waals surface area contributed by atoms with Crippen LogP contribution in [-0.2, 0) is 14.9 Å². The number of halogens is 1. The fraction of sp³-hybridized carbons (Fsp3) is 0.120. The van der Waals surface area contributed by atoms with Gasteiger partial charge in [0.2, 0.25) is 0 Å². The Kier molecular flexibility index (Phi) is 5.91. The summed E-state index contributed by atoms with van der Waals surface area (Å²) in [6.07, 6.45) is 1.82. The second-order valence-corrected chi connectivity index (χ2v) is 8.12. The van der Waals surface area contributed by atoms with Crippen molar-refractivity contribution in [2.24, 2.45) is 0 Å². The molecule has 31 heavy (non-hydrogen) atoms. The van der Waals surface area contributed by atoms with E-state index in [1.165, 1.54) is 7.11 Å². The summed E-state index contributed by atoms with van der Waals surface area (Å²) in [6, 6.07) is 24.2. The SMILES string of the molecule is COC(=O)[C@](CNC(=O)c1ccc(Br)cc1)(c1ccccc1)c1c[nH]c2ccccc12. The van der Waals surface area contributed by atoms with Crippen LogP contribution in [-0.4, -0.2) is 30.5 Å². The third-order valence-electron chi connectivity index (χ3n) is 5.47. The van der Waals surface area contributed by atoms with E-state index in [1.807, 2.05) is 60.8 Å². The van der Waals surface area contributed by atoms with Crippen LogP contribution in [0.5, 0.6) is 0 Å². The van der Waals surface area contributed by atoms with Crippen molar-refractivity contribution in [2.45, 2.75) is 5.41 Å². The molecule has 1 aromatic heterocycles. The van der Waals surface area contributed by atoms with E-state index in [0.29, 0.717) is 5.56 Å². The highest BCUT2D eigenvalue weighted by Crippen LogP contribution is 2.37. The molecule has 0 bridgehead atoms. The highest BCUT2D eigenvalue weighted by Gasteiger charge is 2.45. The summed E-state index contributed by atoms with van der Waals surface area (Å²) in [7, 11) is 1.37. The van der Waals surface area contributed by atoms with E-state index in [-0.39, 0.29) is 12.5 Å². The molecule has 156 valence electrons. The number of H-pyrrole nitrogens is 1. The fourth-order valence-corrected chi connectivity index (χ4v) is 4.15. The van der Waals surface area contributed by atoms with Gasteiger partial charge in [-0.3, -0.25) is 9.59 Å². The Morgan fingerprint density at radius 2 is 1.65 bits per heavy atom. The molecule has 4 aromatic rings. The summed E-state index contributed by atoms with van der Waals surface area (Å²) < 4.78 is 6.17. The minimum absolute atomic E-state index is 0.0421. The van der Waals surface area contributed by atoms with Gasteiger partial charge in [-0.2, -0.15) is 0 Å². The Bertz CT molecular complexity index is 1220. The monoisotopic (exact) mass is 476 g/mol. The molecule has 0 aliphatic carbocycles. The number of aromatic nitrogens is 1. The number of aromatic amines is 1. The molecule has 0 unspecified atom stereocenters. The molecule has 3 aromatic carbocycles. The summed E-state index contributed by atoms with van der Waals surface area (Å²) >= 11 is 3.38. The first-order valence-corrected chi connectivity index (χ1v) is 10.6. The molecule has 1 amide bonds. The molecule has 5 nitrogen and oxygen atoms in total. The van der Waals surface area contributed by atoms with E-state index in [2.05, 4.69) is 26.2 Å². The van der Waals surface area contributed by atoms with Crippen LogP contribution in [0, 0.1) is 0 Å². The lowest BCUT2D eigenvalue weighted by Crippen LogP contribution is -2.48. The topological polar surface area (TPSA) is 71.2 Å². The fourth-order valence-electron chi connectivity index (χ4n) is 3.89. The van der Waals surface area contributed by atoms with Crippen LogP contribution in [0.1, 0.15) is 21.5 Å². The van der Waals surface area contributed by atoms with Crippen molar-refractivity contribution in [1.82, 2.24) is 10.3 Å². The molecule has 6 heteroatoms. The van der Waals surface area contributed by atoms with E-state index in [4.69, 9.17) is 4.74 Å². The predicted octanol–water partition coefficient (Wildman–Crippen LogP) is 4.82. The van der Waals surface area contributed by atoms with Crippen LogP contribution in [0.3, 0.4) is 0 Å². The van der Waals surface area contributed by atoms with Crippen LogP contribution >= 0.6 is 15.9 Å². The molecule has 0 aliphatic rings. The second-order valence-electron chi connectivity index (χ2n) is 7.20.